The molecule has 4 rings (SSSR count). The van der Waals surface area contributed by atoms with Crippen LogP contribution in [0.4, 0.5) is 17.2 Å². The molecule has 7 nitrogen and oxygen atoms in total. The number of benzene rings is 1. The molecule has 33 heavy (non-hydrogen) atoms. The van der Waals surface area contributed by atoms with Crippen LogP contribution in [0.15, 0.2) is 36.5 Å². The Morgan fingerprint density at radius 3 is 2.61 bits per heavy atom. The van der Waals surface area contributed by atoms with Crippen LogP contribution in [0.2, 0.25) is 0 Å². The summed E-state index contributed by atoms with van der Waals surface area (Å²) in [4.78, 5) is 9.42. The summed E-state index contributed by atoms with van der Waals surface area (Å²) >= 11 is 0. The fourth-order valence-corrected chi connectivity index (χ4v) is 4.63. The van der Waals surface area contributed by atoms with E-state index in [2.05, 4.69) is 38.5 Å². The van der Waals surface area contributed by atoms with E-state index >= 15 is 0 Å². The van der Waals surface area contributed by atoms with Crippen molar-refractivity contribution in [2.24, 2.45) is 5.92 Å². The zero-order chi connectivity index (χ0) is 22.9. The summed E-state index contributed by atoms with van der Waals surface area (Å²) in [6.07, 6.45) is 8.03. The average Bonchev–Trinajstić information content (AvgIpc) is 3.36. The number of hydrogen-bond acceptors (Lipinski definition) is 7. The molecule has 7 heteroatoms. The standard InChI is InChI=1S/C26H39N5O2/c1-30-15-9-21(10-16-30)20-28-22-8-11-27-26(19-22)29-23-6-7-24(32-2)25(18-23)33-17-5-14-31-12-3-4-13-31/h6-8,11,18-19,21H,3-5,9-10,12-17,20H2,1-2H3,(H2,27,28,29). The molecular formula is C26H39N5O2. The van der Waals surface area contributed by atoms with Crippen LogP contribution in [-0.4, -0.2) is 74.8 Å². The Hall–Kier alpha value is -2.51. The van der Waals surface area contributed by atoms with Crippen molar-refractivity contribution in [1.29, 1.82) is 0 Å². The lowest BCUT2D eigenvalue weighted by molar-refractivity contribution is 0.226. The van der Waals surface area contributed by atoms with Crippen LogP contribution in [0.25, 0.3) is 0 Å². The number of hydrogen-bond donors (Lipinski definition) is 2. The van der Waals surface area contributed by atoms with Crippen LogP contribution in [0, 0.1) is 5.92 Å². The van der Waals surface area contributed by atoms with Crippen LogP contribution in [-0.2, 0) is 0 Å². The molecule has 2 saturated heterocycles. The molecule has 0 unspecified atom stereocenters. The quantitative estimate of drug-likeness (QED) is 0.487. The molecule has 180 valence electrons. The number of anilines is 3. The van der Waals surface area contributed by atoms with E-state index in [1.807, 2.05) is 30.5 Å². The van der Waals surface area contributed by atoms with Gasteiger partial charge >= 0.3 is 0 Å². The third-order valence-electron chi connectivity index (χ3n) is 6.70. The van der Waals surface area contributed by atoms with Gasteiger partial charge in [-0.1, -0.05) is 0 Å². The zero-order valence-electron chi connectivity index (χ0n) is 20.2. The van der Waals surface area contributed by atoms with Crippen molar-refractivity contribution in [1.82, 2.24) is 14.8 Å². The minimum Gasteiger partial charge on any atom is -0.493 e. The first-order valence-corrected chi connectivity index (χ1v) is 12.4. The number of aromatic nitrogens is 1. The second-order valence-electron chi connectivity index (χ2n) is 9.30. The summed E-state index contributed by atoms with van der Waals surface area (Å²) in [6.45, 7) is 7.62. The molecule has 0 atom stereocenters. The summed E-state index contributed by atoms with van der Waals surface area (Å²) in [6, 6.07) is 10.0. The molecule has 3 heterocycles. The molecule has 2 fully saturated rings. The fourth-order valence-electron chi connectivity index (χ4n) is 4.63. The predicted octanol–water partition coefficient (Wildman–Crippen LogP) is 4.45. The van der Waals surface area contributed by atoms with Gasteiger partial charge in [0, 0.05) is 42.8 Å². The Labute approximate surface area is 198 Å². The molecule has 2 aromatic rings. The average molecular weight is 454 g/mol. The van der Waals surface area contributed by atoms with Crippen molar-refractivity contribution in [3.8, 4) is 11.5 Å². The van der Waals surface area contributed by atoms with Crippen molar-refractivity contribution in [2.75, 3.05) is 70.7 Å². The summed E-state index contributed by atoms with van der Waals surface area (Å²) in [5.74, 6) is 3.06. The van der Waals surface area contributed by atoms with Crippen LogP contribution in [0.5, 0.6) is 11.5 Å². The molecule has 2 aliphatic heterocycles. The Kier molecular flexibility index (Phi) is 8.66. The molecule has 0 aliphatic carbocycles. The lowest BCUT2D eigenvalue weighted by Gasteiger charge is -2.29. The van der Waals surface area contributed by atoms with Gasteiger partial charge in [-0.15, -0.1) is 0 Å². The highest BCUT2D eigenvalue weighted by atomic mass is 16.5. The van der Waals surface area contributed by atoms with E-state index in [9.17, 15) is 0 Å². The third kappa shape index (κ3) is 7.24. The van der Waals surface area contributed by atoms with E-state index in [0.29, 0.717) is 6.61 Å². The summed E-state index contributed by atoms with van der Waals surface area (Å²) < 4.78 is 11.6. The zero-order valence-corrected chi connectivity index (χ0v) is 20.2. The van der Waals surface area contributed by atoms with Crippen LogP contribution < -0.4 is 20.1 Å². The number of pyridine rings is 1. The van der Waals surface area contributed by atoms with Gasteiger partial charge in [-0.25, -0.2) is 4.98 Å². The molecule has 2 aliphatic rings. The first-order valence-electron chi connectivity index (χ1n) is 12.4. The van der Waals surface area contributed by atoms with E-state index < -0.39 is 0 Å². The van der Waals surface area contributed by atoms with Gasteiger partial charge in [0.25, 0.3) is 0 Å². The van der Waals surface area contributed by atoms with E-state index in [0.717, 1.165) is 54.1 Å². The number of rotatable bonds is 11. The van der Waals surface area contributed by atoms with Crippen molar-refractivity contribution in [2.45, 2.75) is 32.1 Å². The molecule has 1 aromatic carbocycles. The van der Waals surface area contributed by atoms with Gasteiger partial charge in [-0.05, 0) is 89.4 Å². The molecule has 0 spiro atoms. The molecule has 1 aromatic heterocycles. The Morgan fingerprint density at radius 2 is 1.82 bits per heavy atom. The Bertz CT molecular complexity index is 864. The van der Waals surface area contributed by atoms with Crippen LogP contribution >= 0.6 is 0 Å². The Balaban J connectivity index is 1.30. The largest absolute Gasteiger partial charge is 0.493 e. The lowest BCUT2D eigenvalue weighted by atomic mass is 9.97. The van der Waals surface area contributed by atoms with Gasteiger partial charge in [0.1, 0.15) is 5.82 Å². The number of piperidine rings is 1. The normalized spacial score (nSPS) is 17.8. The highest BCUT2D eigenvalue weighted by molar-refractivity contribution is 5.64. The maximum Gasteiger partial charge on any atom is 0.163 e. The summed E-state index contributed by atoms with van der Waals surface area (Å²) in [7, 11) is 3.88. The number of nitrogens with one attached hydrogen (secondary N) is 2. The van der Waals surface area contributed by atoms with Gasteiger partial charge in [-0.3, -0.25) is 0 Å². The predicted molar refractivity (Wildman–Crippen MR) is 135 cm³/mol. The summed E-state index contributed by atoms with van der Waals surface area (Å²) in [5, 5.41) is 7.01. The third-order valence-corrected chi connectivity index (χ3v) is 6.70. The fraction of sp³-hybridized carbons (Fsp3) is 0.577. The highest BCUT2D eigenvalue weighted by Gasteiger charge is 2.16. The summed E-state index contributed by atoms with van der Waals surface area (Å²) in [5.41, 5.74) is 2.03. The Morgan fingerprint density at radius 1 is 1.00 bits per heavy atom. The first kappa shape index (κ1) is 23.6. The van der Waals surface area contributed by atoms with Crippen LogP contribution in [0.3, 0.4) is 0 Å². The van der Waals surface area contributed by atoms with E-state index in [-0.39, 0.29) is 0 Å². The number of likely N-dealkylation sites (tertiary alicyclic amines) is 2. The van der Waals surface area contributed by atoms with Crippen molar-refractivity contribution >= 4 is 17.2 Å². The molecule has 0 bridgehead atoms. The SMILES string of the molecule is COc1ccc(Nc2cc(NCC3CCN(C)CC3)ccn2)cc1OCCCN1CCCC1. The van der Waals surface area contributed by atoms with Crippen molar-refractivity contribution < 1.29 is 9.47 Å². The second kappa shape index (κ2) is 12.1. The van der Waals surface area contributed by atoms with Crippen LogP contribution in [0.1, 0.15) is 32.1 Å². The van der Waals surface area contributed by atoms with Gasteiger partial charge in [-0.2, -0.15) is 0 Å². The van der Waals surface area contributed by atoms with Crippen molar-refractivity contribution in [3.63, 3.8) is 0 Å². The molecular weight excluding hydrogens is 414 g/mol. The number of methoxy groups -OCH3 is 1. The number of nitrogens with zero attached hydrogens (tertiary/aromatic N) is 3. The molecule has 0 amide bonds. The minimum absolute atomic E-state index is 0.685. The van der Waals surface area contributed by atoms with Crippen molar-refractivity contribution in [3.05, 3.63) is 36.5 Å². The highest BCUT2D eigenvalue weighted by Crippen LogP contribution is 2.31. The van der Waals surface area contributed by atoms with E-state index in [1.165, 1.54) is 51.9 Å². The van der Waals surface area contributed by atoms with Gasteiger partial charge < -0.3 is 29.9 Å². The van der Waals surface area contributed by atoms with E-state index in [4.69, 9.17) is 9.47 Å². The maximum absolute atomic E-state index is 6.08. The lowest BCUT2D eigenvalue weighted by Crippen LogP contribution is -2.32. The molecule has 2 N–H and O–H groups in total. The monoisotopic (exact) mass is 453 g/mol. The number of ether oxygens (including phenoxy) is 2. The first-order chi connectivity index (χ1) is 16.2. The minimum atomic E-state index is 0.685. The van der Waals surface area contributed by atoms with Gasteiger partial charge in [0.2, 0.25) is 0 Å². The molecule has 0 saturated carbocycles. The van der Waals surface area contributed by atoms with Gasteiger partial charge in [0.05, 0.1) is 13.7 Å². The maximum atomic E-state index is 6.08. The molecule has 0 radical (unpaired) electrons. The van der Waals surface area contributed by atoms with E-state index in [1.54, 1.807) is 7.11 Å². The van der Waals surface area contributed by atoms with Gasteiger partial charge in [0.15, 0.2) is 11.5 Å². The topological polar surface area (TPSA) is 61.9 Å². The smallest absolute Gasteiger partial charge is 0.163 e. The second-order valence-corrected chi connectivity index (χ2v) is 9.30.